The van der Waals surface area contributed by atoms with Crippen LogP contribution in [0.5, 0.6) is 0 Å². The summed E-state index contributed by atoms with van der Waals surface area (Å²) in [5.74, 6) is 2.64. The molecule has 5 aliphatic rings. The van der Waals surface area contributed by atoms with Gasteiger partial charge in [-0.15, -0.1) is 11.3 Å². The SMILES string of the molecule is O=C(Nc1nc2c(s1)CCc1ccccc1-2)C12CC3CC(CC(C3)C1)C2. The zero-order chi connectivity index (χ0) is 17.3. The lowest BCUT2D eigenvalue weighted by molar-refractivity contribution is -0.140. The van der Waals surface area contributed by atoms with E-state index in [0.29, 0.717) is 0 Å². The molecule has 0 atom stereocenters. The van der Waals surface area contributed by atoms with Crippen LogP contribution < -0.4 is 5.32 Å². The normalized spacial score (nSPS) is 33.6. The first-order valence-electron chi connectivity index (χ1n) is 10.1. The molecule has 4 bridgehead atoms. The lowest BCUT2D eigenvalue weighted by Gasteiger charge is -2.55. The van der Waals surface area contributed by atoms with Crippen LogP contribution in [0.25, 0.3) is 11.3 Å². The molecule has 1 N–H and O–H groups in total. The van der Waals surface area contributed by atoms with Gasteiger partial charge in [-0.1, -0.05) is 24.3 Å². The molecule has 0 radical (unpaired) electrons. The lowest BCUT2D eigenvalue weighted by atomic mass is 9.49. The number of hydrogen-bond acceptors (Lipinski definition) is 3. The van der Waals surface area contributed by atoms with Crippen LogP contribution in [-0.4, -0.2) is 10.9 Å². The minimum Gasteiger partial charge on any atom is -0.301 e. The number of thiazole rings is 1. The Hall–Kier alpha value is -1.68. The van der Waals surface area contributed by atoms with Gasteiger partial charge in [0.15, 0.2) is 5.13 Å². The Balaban J connectivity index is 1.29. The van der Waals surface area contributed by atoms with Gasteiger partial charge in [0, 0.05) is 10.4 Å². The summed E-state index contributed by atoms with van der Waals surface area (Å²) in [6.45, 7) is 0. The van der Waals surface area contributed by atoms with E-state index < -0.39 is 0 Å². The van der Waals surface area contributed by atoms with Crippen LogP contribution in [0.15, 0.2) is 24.3 Å². The van der Waals surface area contributed by atoms with Gasteiger partial charge in [-0.3, -0.25) is 4.79 Å². The molecule has 1 heterocycles. The van der Waals surface area contributed by atoms with Gasteiger partial charge in [0.25, 0.3) is 0 Å². The molecule has 4 fully saturated rings. The zero-order valence-electron chi connectivity index (χ0n) is 15.0. The third-order valence-electron chi connectivity index (χ3n) is 7.33. The highest BCUT2D eigenvalue weighted by atomic mass is 32.1. The van der Waals surface area contributed by atoms with E-state index in [2.05, 4.69) is 29.6 Å². The number of aryl methyl sites for hydroxylation is 2. The van der Waals surface area contributed by atoms with Gasteiger partial charge in [0.1, 0.15) is 0 Å². The Morgan fingerprint density at radius 2 is 1.73 bits per heavy atom. The third-order valence-corrected chi connectivity index (χ3v) is 8.36. The minimum atomic E-state index is -0.0984. The maximum atomic E-state index is 13.3. The fourth-order valence-electron chi connectivity index (χ4n) is 6.62. The van der Waals surface area contributed by atoms with E-state index in [1.54, 1.807) is 11.3 Å². The predicted octanol–water partition coefficient (Wildman–Crippen LogP) is 5.06. The second kappa shape index (κ2) is 5.41. The van der Waals surface area contributed by atoms with Gasteiger partial charge in [0.2, 0.25) is 5.91 Å². The van der Waals surface area contributed by atoms with Crippen molar-refractivity contribution >= 4 is 22.4 Å². The molecule has 5 aliphatic carbocycles. The van der Waals surface area contributed by atoms with E-state index in [4.69, 9.17) is 4.98 Å². The molecule has 4 heteroatoms. The Morgan fingerprint density at radius 1 is 1.04 bits per heavy atom. The van der Waals surface area contributed by atoms with Crippen molar-refractivity contribution in [3.8, 4) is 11.3 Å². The molecule has 1 aromatic carbocycles. The van der Waals surface area contributed by atoms with E-state index in [0.717, 1.165) is 60.7 Å². The predicted molar refractivity (Wildman–Crippen MR) is 104 cm³/mol. The number of benzene rings is 1. The number of carbonyl (C=O) groups is 1. The van der Waals surface area contributed by atoms with Crippen LogP contribution in [0, 0.1) is 23.2 Å². The van der Waals surface area contributed by atoms with Crippen LogP contribution in [0.3, 0.4) is 0 Å². The summed E-state index contributed by atoms with van der Waals surface area (Å²) in [7, 11) is 0. The second-order valence-electron chi connectivity index (χ2n) is 9.10. The molecular weight excluding hydrogens is 340 g/mol. The van der Waals surface area contributed by atoms with Crippen LogP contribution in [-0.2, 0) is 17.6 Å². The molecule has 0 saturated heterocycles. The van der Waals surface area contributed by atoms with Gasteiger partial charge in [0.05, 0.1) is 11.1 Å². The number of fused-ring (bicyclic) bond motifs is 3. The number of aromatic nitrogens is 1. The largest absolute Gasteiger partial charge is 0.301 e. The molecular formula is C22H24N2OS. The van der Waals surface area contributed by atoms with Crippen molar-refractivity contribution in [2.45, 2.75) is 51.4 Å². The maximum absolute atomic E-state index is 13.3. The summed E-state index contributed by atoms with van der Waals surface area (Å²) in [5, 5.41) is 4.07. The Labute approximate surface area is 158 Å². The highest BCUT2D eigenvalue weighted by Crippen LogP contribution is 2.60. The van der Waals surface area contributed by atoms with Gasteiger partial charge < -0.3 is 5.32 Å². The molecule has 3 nitrogen and oxygen atoms in total. The van der Waals surface area contributed by atoms with Crippen molar-refractivity contribution in [2.24, 2.45) is 23.2 Å². The summed E-state index contributed by atoms with van der Waals surface area (Å²) in [5.41, 5.74) is 3.63. The van der Waals surface area contributed by atoms with Crippen molar-refractivity contribution in [3.05, 3.63) is 34.7 Å². The number of hydrogen-bond donors (Lipinski definition) is 1. The Morgan fingerprint density at radius 3 is 2.46 bits per heavy atom. The fraction of sp³-hybridized carbons (Fsp3) is 0.545. The van der Waals surface area contributed by atoms with E-state index in [1.807, 2.05) is 0 Å². The second-order valence-corrected chi connectivity index (χ2v) is 10.2. The Kier molecular flexibility index (Phi) is 3.20. The highest BCUT2D eigenvalue weighted by molar-refractivity contribution is 7.16. The standard InChI is InChI=1S/C22H24N2OS/c25-20(22-10-13-7-14(11-22)9-15(8-13)12-22)24-21-23-19-17-4-2-1-3-16(17)5-6-18(19)26-21/h1-4,13-15H,5-12H2,(H,23,24,25). The van der Waals surface area contributed by atoms with E-state index in [9.17, 15) is 4.79 Å². The topological polar surface area (TPSA) is 42.0 Å². The highest BCUT2D eigenvalue weighted by Gasteiger charge is 2.54. The van der Waals surface area contributed by atoms with Crippen molar-refractivity contribution in [3.63, 3.8) is 0 Å². The number of anilines is 1. The number of amides is 1. The van der Waals surface area contributed by atoms with Crippen molar-refractivity contribution in [1.29, 1.82) is 0 Å². The molecule has 7 rings (SSSR count). The number of rotatable bonds is 2. The van der Waals surface area contributed by atoms with Gasteiger partial charge in [-0.2, -0.15) is 0 Å². The first-order chi connectivity index (χ1) is 12.7. The van der Waals surface area contributed by atoms with E-state index in [1.165, 1.54) is 35.3 Å². The lowest BCUT2D eigenvalue weighted by Crippen LogP contribution is -2.51. The minimum absolute atomic E-state index is 0.0984. The quantitative estimate of drug-likeness (QED) is 0.809. The number of nitrogens with zero attached hydrogens (tertiary/aromatic N) is 1. The number of carbonyl (C=O) groups excluding carboxylic acids is 1. The third kappa shape index (κ3) is 2.24. The first-order valence-corrected chi connectivity index (χ1v) is 10.9. The molecule has 4 saturated carbocycles. The zero-order valence-corrected chi connectivity index (χ0v) is 15.8. The molecule has 0 unspecified atom stereocenters. The molecule has 1 aromatic heterocycles. The molecule has 0 spiro atoms. The van der Waals surface area contributed by atoms with Gasteiger partial charge >= 0.3 is 0 Å². The van der Waals surface area contributed by atoms with Crippen LogP contribution in [0.4, 0.5) is 5.13 Å². The van der Waals surface area contributed by atoms with E-state index >= 15 is 0 Å². The summed E-state index contributed by atoms with van der Waals surface area (Å²) in [6, 6.07) is 8.55. The van der Waals surface area contributed by atoms with Crippen LogP contribution >= 0.6 is 11.3 Å². The summed E-state index contributed by atoms with van der Waals surface area (Å²) >= 11 is 1.69. The van der Waals surface area contributed by atoms with Crippen molar-refractivity contribution < 1.29 is 4.79 Å². The van der Waals surface area contributed by atoms with E-state index in [-0.39, 0.29) is 11.3 Å². The summed E-state index contributed by atoms with van der Waals surface area (Å²) in [4.78, 5) is 19.4. The van der Waals surface area contributed by atoms with Crippen LogP contribution in [0.1, 0.15) is 49.0 Å². The smallest absolute Gasteiger partial charge is 0.232 e. The van der Waals surface area contributed by atoms with Crippen molar-refractivity contribution in [1.82, 2.24) is 4.98 Å². The molecule has 2 aromatic rings. The molecule has 0 aliphatic heterocycles. The number of nitrogens with one attached hydrogen (secondary N) is 1. The average Bonchev–Trinajstić information content (AvgIpc) is 3.03. The van der Waals surface area contributed by atoms with Gasteiger partial charge in [-0.25, -0.2) is 4.98 Å². The molecule has 1 amide bonds. The summed E-state index contributed by atoms with van der Waals surface area (Å²) in [6.07, 6.45) is 9.56. The van der Waals surface area contributed by atoms with Gasteiger partial charge in [-0.05, 0) is 74.7 Å². The first kappa shape index (κ1) is 15.4. The molecule has 26 heavy (non-hydrogen) atoms. The van der Waals surface area contributed by atoms with Crippen molar-refractivity contribution in [2.75, 3.05) is 5.32 Å². The Bertz CT molecular complexity index is 864. The molecule has 134 valence electrons. The fourth-order valence-corrected chi connectivity index (χ4v) is 7.59. The average molecular weight is 365 g/mol. The van der Waals surface area contributed by atoms with Crippen LogP contribution in [0.2, 0.25) is 0 Å². The monoisotopic (exact) mass is 364 g/mol. The summed E-state index contributed by atoms with van der Waals surface area (Å²) < 4.78 is 0. The maximum Gasteiger partial charge on any atom is 0.232 e.